The topological polar surface area (TPSA) is 47.0 Å². The fourth-order valence-corrected chi connectivity index (χ4v) is 0.875. The van der Waals surface area contributed by atoms with Crippen LogP contribution in [0.4, 0.5) is 5.95 Å². The first-order valence-electron chi connectivity index (χ1n) is 4.44. The quantitative estimate of drug-likeness (QED) is 0.729. The predicted molar refractivity (Wildman–Crippen MR) is 55.1 cm³/mol. The first-order chi connectivity index (χ1) is 6.76. The molecule has 1 atom stereocenters. The summed E-state index contributed by atoms with van der Waals surface area (Å²) in [5.74, 6) is 3.57. The van der Waals surface area contributed by atoms with E-state index >= 15 is 0 Å². The van der Waals surface area contributed by atoms with Gasteiger partial charge in [-0.05, 0) is 13.8 Å². The molecule has 0 spiro atoms. The minimum absolute atomic E-state index is 0.0909. The predicted octanol–water partition coefficient (Wildman–Crippen LogP) is 1.31. The van der Waals surface area contributed by atoms with Gasteiger partial charge in [-0.3, -0.25) is 0 Å². The van der Waals surface area contributed by atoms with Gasteiger partial charge >= 0.3 is 0 Å². The number of ether oxygens (including phenoxy) is 1. The normalized spacial score (nSPS) is 11.5. The maximum absolute atomic E-state index is 5.22. The Hall–Kier alpha value is -1.76. The molecule has 14 heavy (non-hydrogen) atoms. The van der Waals surface area contributed by atoms with Gasteiger partial charge in [-0.25, -0.2) is 4.98 Å². The van der Waals surface area contributed by atoms with Crippen molar-refractivity contribution >= 4 is 5.95 Å². The first kappa shape index (κ1) is 10.3. The summed E-state index contributed by atoms with van der Waals surface area (Å²) in [7, 11) is 0. The van der Waals surface area contributed by atoms with Gasteiger partial charge in [0.05, 0.1) is 12.6 Å². The second kappa shape index (κ2) is 5.07. The molecule has 1 aromatic heterocycles. The standard InChI is InChI=1S/C10H13N3O/c1-4-8(3)12-10-11-7-6-9(13-10)14-5-2/h1,6-8H,5H2,2-3H3,(H,11,12,13). The van der Waals surface area contributed by atoms with E-state index in [1.54, 1.807) is 12.3 Å². The Balaban J connectivity index is 2.69. The molecule has 1 aromatic rings. The molecular weight excluding hydrogens is 178 g/mol. The van der Waals surface area contributed by atoms with Gasteiger partial charge in [-0.15, -0.1) is 6.42 Å². The van der Waals surface area contributed by atoms with Crippen LogP contribution in [0.15, 0.2) is 12.3 Å². The lowest BCUT2D eigenvalue weighted by Crippen LogP contribution is -2.14. The molecule has 4 heteroatoms. The lowest BCUT2D eigenvalue weighted by atomic mass is 10.4. The first-order valence-corrected chi connectivity index (χ1v) is 4.44. The second-order valence-electron chi connectivity index (χ2n) is 2.68. The minimum atomic E-state index is -0.0909. The van der Waals surface area contributed by atoms with Crippen molar-refractivity contribution in [2.45, 2.75) is 19.9 Å². The fraction of sp³-hybridized carbons (Fsp3) is 0.400. The highest BCUT2D eigenvalue weighted by atomic mass is 16.5. The van der Waals surface area contributed by atoms with Gasteiger partial charge in [0, 0.05) is 12.3 Å². The number of aromatic nitrogens is 2. The number of nitrogens with one attached hydrogen (secondary N) is 1. The molecule has 0 bridgehead atoms. The Bertz CT molecular complexity index is 332. The van der Waals surface area contributed by atoms with Crippen molar-refractivity contribution < 1.29 is 4.74 Å². The molecule has 1 N–H and O–H groups in total. The highest BCUT2D eigenvalue weighted by Gasteiger charge is 2.01. The van der Waals surface area contributed by atoms with Crippen LogP contribution in [0.2, 0.25) is 0 Å². The smallest absolute Gasteiger partial charge is 0.226 e. The molecule has 0 aliphatic heterocycles. The van der Waals surface area contributed by atoms with E-state index in [0.717, 1.165) is 0 Å². The van der Waals surface area contributed by atoms with Crippen LogP contribution < -0.4 is 10.1 Å². The van der Waals surface area contributed by atoms with Crippen LogP contribution in [0, 0.1) is 12.3 Å². The summed E-state index contributed by atoms with van der Waals surface area (Å²) < 4.78 is 5.22. The van der Waals surface area contributed by atoms with Gasteiger partial charge in [-0.1, -0.05) is 5.92 Å². The largest absolute Gasteiger partial charge is 0.478 e. The van der Waals surface area contributed by atoms with Gasteiger partial charge < -0.3 is 10.1 Å². The number of hydrogen-bond acceptors (Lipinski definition) is 4. The second-order valence-corrected chi connectivity index (χ2v) is 2.68. The van der Waals surface area contributed by atoms with Crippen LogP contribution in [0.25, 0.3) is 0 Å². The van der Waals surface area contributed by atoms with Crippen molar-refractivity contribution in [3.63, 3.8) is 0 Å². The van der Waals surface area contributed by atoms with Crippen molar-refractivity contribution in [1.29, 1.82) is 0 Å². The van der Waals surface area contributed by atoms with Crippen molar-refractivity contribution in [1.82, 2.24) is 9.97 Å². The molecule has 74 valence electrons. The number of rotatable bonds is 4. The maximum Gasteiger partial charge on any atom is 0.226 e. The Morgan fingerprint density at radius 1 is 1.71 bits per heavy atom. The molecule has 0 fully saturated rings. The van der Waals surface area contributed by atoms with Gasteiger partial charge in [0.25, 0.3) is 0 Å². The SMILES string of the molecule is C#CC(C)Nc1nccc(OCC)n1. The molecule has 0 saturated heterocycles. The zero-order valence-corrected chi connectivity index (χ0v) is 8.32. The zero-order valence-electron chi connectivity index (χ0n) is 8.32. The van der Waals surface area contributed by atoms with Crippen LogP contribution in [-0.4, -0.2) is 22.6 Å². The van der Waals surface area contributed by atoms with Gasteiger partial charge in [0.1, 0.15) is 0 Å². The zero-order chi connectivity index (χ0) is 10.4. The van der Waals surface area contributed by atoms with Crippen LogP contribution in [0.3, 0.4) is 0 Å². The van der Waals surface area contributed by atoms with E-state index in [1.165, 1.54) is 0 Å². The summed E-state index contributed by atoms with van der Waals surface area (Å²) in [5.41, 5.74) is 0. The molecule has 0 radical (unpaired) electrons. The lowest BCUT2D eigenvalue weighted by molar-refractivity contribution is 0.326. The molecule has 0 saturated carbocycles. The van der Waals surface area contributed by atoms with E-state index in [2.05, 4.69) is 21.2 Å². The number of hydrogen-bond donors (Lipinski definition) is 1. The summed E-state index contributed by atoms with van der Waals surface area (Å²) in [5, 5.41) is 2.95. The van der Waals surface area contributed by atoms with E-state index < -0.39 is 0 Å². The van der Waals surface area contributed by atoms with E-state index in [9.17, 15) is 0 Å². The number of anilines is 1. The molecule has 1 rings (SSSR count). The average Bonchev–Trinajstić information content (AvgIpc) is 2.19. The van der Waals surface area contributed by atoms with Crippen molar-refractivity contribution in [3.05, 3.63) is 12.3 Å². The summed E-state index contributed by atoms with van der Waals surface area (Å²) in [6.45, 7) is 4.34. The molecule has 0 aromatic carbocycles. The lowest BCUT2D eigenvalue weighted by Gasteiger charge is -2.08. The van der Waals surface area contributed by atoms with Crippen LogP contribution in [0.5, 0.6) is 5.88 Å². The number of terminal acetylenes is 1. The Kier molecular flexibility index (Phi) is 3.74. The highest BCUT2D eigenvalue weighted by Crippen LogP contribution is 2.08. The summed E-state index contributed by atoms with van der Waals surface area (Å²) in [6.07, 6.45) is 6.85. The van der Waals surface area contributed by atoms with Crippen LogP contribution >= 0.6 is 0 Å². The molecule has 0 aliphatic carbocycles. The van der Waals surface area contributed by atoms with Gasteiger partial charge in [0.2, 0.25) is 11.8 Å². The van der Waals surface area contributed by atoms with Crippen LogP contribution in [0.1, 0.15) is 13.8 Å². The van der Waals surface area contributed by atoms with Crippen LogP contribution in [-0.2, 0) is 0 Å². The van der Waals surface area contributed by atoms with Crippen molar-refractivity contribution in [2.24, 2.45) is 0 Å². The molecule has 4 nitrogen and oxygen atoms in total. The summed E-state index contributed by atoms with van der Waals surface area (Å²) >= 11 is 0. The number of nitrogens with zero attached hydrogens (tertiary/aromatic N) is 2. The van der Waals surface area contributed by atoms with E-state index in [0.29, 0.717) is 18.4 Å². The van der Waals surface area contributed by atoms with Crippen molar-refractivity contribution in [3.8, 4) is 18.2 Å². The Morgan fingerprint density at radius 3 is 3.14 bits per heavy atom. The summed E-state index contributed by atoms with van der Waals surface area (Å²) in [6, 6.07) is 1.61. The summed E-state index contributed by atoms with van der Waals surface area (Å²) in [4.78, 5) is 8.12. The van der Waals surface area contributed by atoms with Gasteiger partial charge in [0.15, 0.2) is 0 Å². The monoisotopic (exact) mass is 191 g/mol. The molecule has 1 unspecified atom stereocenters. The maximum atomic E-state index is 5.22. The third-order valence-corrected chi connectivity index (χ3v) is 1.52. The van der Waals surface area contributed by atoms with Crippen molar-refractivity contribution in [2.75, 3.05) is 11.9 Å². The van der Waals surface area contributed by atoms with E-state index in [1.807, 2.05) is 13.8 Å². The van der Waals surface area contributed by atoms with E-state index in [-0.39, 0.29) is 6.04 Å². The molecular formula is C10H13N3O. The van der Waals surface area contributed by atoms with Gasteiger partial charge in [-0.2, -0.15) is 4.98 Å². The molecule has 0 amide bonds. The Labute approximate surface area is 83.7 Å². The third kappa shape index (κ3) is 2.94. The fourth-order valence-electron chi connectivity index (χ4n) is 0.875. The molecule has 1 heterocycles. The molecule has 0 aliphatic rings. The minimum Gasteiger partial charge on any atom is -0.478 e. The van der Waals surface area contributed by atoms with E-state index in [4.69, 9.17) is 11.2 Å². The average molecular weight is 191 g/mol. The Morgan fingerprint density at radius 2 is 2.50 bits per heavy atom. The highest BCUT2D eigenvalue weighted by molar-refractivity contribution is 5.31. The third-order valence-electron chi connectivity index (χ3n) is 1.52.